The summed E-state index contributed by atoms with van der Waals surface area (Å²) in [4.78, 5) is 8.73. The number of anilines is 2. The van der Waals surface area contributed by atoms with Gasteiger partial charge in [0, 0.05) is 24.6 Å². The first-order chi connectivity index (χ1) is 8.43. The van der Waals surface area contributed by atoms with E-state index in [1.54, 1.807) is 6.07 Å². The van der Waals surface area contributed by atoms with Gasteiger partial charge in [-0.2, -0.15) is 0 Å². The maximum Gasteiger partial charge on any atom is 0.138 e. The zero-order chi connectivity index (χ0) is 13.6. The van der Waals surface area contributed by atoms with Crippen molar-refractivity contribution in [3.8, 4) is 0 Å². The molecule has 5 nitrogen and oxygen atoms in total. The Balaban J connectivity index is 2.58. The minimum absolute atomic E-state index is 0.108. The first kappa shape index (κ1) is 14.7. The van der Waals surface area contributed by atoms with Gasteiger partial charge in [0.05, 0.1) is 0 Å². The van der Waals surface area contributed by atoms with Crippen molar-refractivity contribution in [2.75, 3.05) is 24.2 Å². The van der Waals surface area contributed by atoms with E-state index in [-0.39, 0.29) is 12.0 Å². The molecule has 18 heavy (non-hydrogen) atoms. The molecule has 1 aromatic rings. The van der Waals surface area contributed by atoms with Crippen LogP contribution in [0.4, 0.5) is 11.6 Å². The molecule has 0 unspecified atom stereocenters. The van der Waals surface area contributed by atoms with E-state index in [4.69, 9.17) is 10.8 Å². The minimum Gasteiger partial charge on any atom is -0.396 e. The van der Waals surface area contributed by atoms with Gasteiger partial charge >= 0.3 is 0 Å². The molecule has 0 aliphatic heterocycles. The van der Waals surface area contributed by atoms with Crippen LogP contribution in [-0.4, -0.2) is 28.2 Å². The highest BCUT2D eigenvalue weighted by molar-refractivity contribution is 5.45. The van der Waals surface area contributed by atoms with Crippen molar-refractivity contribution < 1.29 is 5.11 Å². The zero-order valence-corrected chi connectivity index (χ0v) is 11.5. The first-order valence-corrected chi connectivity index (χ1v) is 6.43. The van der Waals surface area contributed by atoms with E-state index in [9.17, 15) is 0 Å². The Kier molecular flexibility index (Phi) is 5.34. The number of rotatable bonds is 6. The van der Waals surface area contributed by atoms with Crippen LogP contribution in [-0.2, 0) is 5.41 Å². The number of hydrogen-bond donors (Lipinski definition) is 3. The lowest BCUT2D eigenvalue weighted by atomic mass is 9.96. The first-order valence-electron chi connectivity index (χ1n) is 6.43. The second-order valence-electron chi connectivity index (χ2n) is 5.46. The molecule has 0 aliphatic rings. The molecule has 4 N–H and O–H groups in total. The Morgan fingerprint density at radius 1 is 1.22 bits per heavy atom. The fraction of sp³-hybridized carbons (Fsp3) is 0.692. The molecule has 0 aliphatic carbocycles. The third kappa shape index (κ3) is 4.87. The summed E-state index contributed by atoms with van der Waals surface area (Å²) < 4.78 is 0. The Labute approximate surface area is 109 Å². The predicted molar refractivity (Wildman–Crippen MR) is 74.6 cm³/mol. The van der Waals surface area contributed by atoms with Gasteiger partial charge in [-0.1, -0.05) is 20.8 Å². The van der Waals surface area contributed by atoms with Gasteiger partial charge in [-0.15, -0.1) is 0 Å². The Morgan fingerprint density at radius 2 is 1.94 bits per heavy atom. The third-order valence-electron chi connectivity index (χ3n) is 2.56. The van der Waals surface area contributed by atoms with Crippen LogP contribution in [0.25, 0.3) is 0 Å². The van der Waals surface area contributed by atoms with Crippen molar-refractivity contribution in [3.05, 3.63) is 11.9 Å². The second kappa shape index (κ2) is 6.54. The monoisotopic (exact) mass is 252 g/mol. The fourth-order valence-electron chi connectivity index (χ4n) is 1.52. The molecular weight excluding hydrogens is 228 g/mol. The summed E-state index contributed by atoms with van der Waals surface area (Å²) in [6.45, 7) is 7.28. The molecule has 0 radical (unpaired) electrons. The van der Waals surface area contributed by atoms with E-state index < -0.39 is 0 Å². The third-order valence-corrected chi connectivity index (χ3v) is 2.56. The van der Waals surface area contributed by atoms with Gasteiger partial charge in [0.2, 0.25) is 0 Å². The number of nitrogens with one attached hydrogen (secondary N) is 1. The average Bonchev–Trinajstić information content (AvgIpc) is 2.27. The number of nitrogen functional groups attached to an aromatic ring is 1. The number of nitrogens with two attached hydrogens (primary N) is 1. The van der Waals surface area contributed by atoms with Crippen molar-refractivity contribution >= 4 is 11.6 Å². The van der Waals surface area contributed by atoms with Gasteiger partial charge < -0.3 is 16.2 Å². The minimum atomic E-state index is -0.108. The molecular formula is C13H24N4O. The molecule has 0 atom stereocenters. The maximum absolute atomic E-state index is 8.69. The second-order valence-corrected chi connectivity index (χ2v) is 5.46. The van der Waals surface area contributed by atoms with E-state index >= 15 is 0 Å². The number of unbranched alkanes of at least 4 members (excludes halogenated alkanes) is 2. The summed E-state index contributed by atoms with van der Waals surface area (Å²) in [5.74, 6) is 2.02. The Bertz CT molecular complexity index is 374. The molecule has 0 fully saturated rings. The summed E-state index contributed by atoms with van der Waals surface area (Å²) in [5.41, 5.74) is 5.68. The maximum atomic E-state index is 8.69. The largest absolute Gasteiger partial charge is 0.396 e. The average molecular weight is 252 g/mol. The molecule has 0 aromatic carbocycles. The van der Waals surface area contributed by atoms with Gasteiger partial charge in [-0.05, 0) is 19.3 Å². The van der Waals surface area contributed by atoms with Crippen LogP contribution >= 0.6 is 0 Å². The van der Waals surface area contributed by atoms with Crippen LogP contribution in [0.2, 0.25) is 0 Å². The number of aliphatic hydroxyl groups excluding tert-OH is 1. The normalized spacial score (nSPS) is 11.6. The number of hydrogen-bond acceptors (Lipinski definition) is 5. The van der Waals surface area contributed by atoms with Crippen LogP contribution in [0.3, 0.4) is 0 Å². The lowest BCUT2D eigenvalue weighted by Gasteiger charge is -2.18. The van der Waals surface area contributed by atoms with Crippen molar-refractivity contribution in [1.29, 1.82) is 0 Å². The summed E-state index contributed by atoms with van der Waals surface area (Å²) in [6, 6.07) is 1.75. The molecule has 1 aromatic heterocycles. The fourth-order valence-corrected chi connectivity index (χ4v) is 1.52. The molecule has 0 saturated heterocycles. The molecule has 0 amide bonds. The topological polar surface area (TPSA) is 84.1 Å². The van der Waals surface area contributed by atoms with Gasteiger partial charge in [-0.25, -0.2) is 9.97 Å². The summed E-state index contributed by atoms with van der Waals surface area (Å²) >= 11 is 0. The predicted octanol–water partition coefficient (Wildman–Crippen LogP) is 1.93. The van der Waals surface area contributed by atoms with E-state index in [1.807, 2.05) is 0 Å². The SMILES string of the molecule is CC(C)(C)c1nc(N)cc(NCCCCCO)n1. The standard InChI is InChI=1S/C13H24N4O/c1-13(2,3)12-16-10(14)9-11(17-12)15-7-5-4-6-8-18/h9,18H,4-8H2,1-3H3,(H3,14,15,16,17). The van der Waals surface area contributed by atoms with E-state index in [0.717, 1.165) is 37.4 Å². The highest BCUT2D eigenvalue weighted by Crippen LogP contribution is 2.21. The lowest BCUT2D eigenvalue weighted by molar-refractivity contribution is 0.283. The van der Waals surface area contributed by atoms with Gasteiger partial charge in [0.1, 0.15) is 17.5 Å². The van der Waals surface area contributed by atoms with Crippen molar-refractivity contribution in [3.63, 3.8) is 0 Å². The van der Waals surface area contributed by atoms with E-state index in [1.165, 1.54) is 0 Å². The zero-order valence-electron chi connectivity index (χ0n) is 11.5. The summed E-state index contributed by atoms with van der Waals surface area (Å²) in [5, 5.41) is 11.9. The van der Waals surface area contributed by atoms with Crippen molar-refractivity contribution in [2.24, 2.45) is 0 Å². The lowest BCUT2D eigenvalue weighted by Crippen LogP contribution is -2.18. The van der Waals surface area contributed by atoms with Crippen molar-refractivity contribution in [1.82, 2.24) is 9.97 Å². The molecule has 102 valence electrons. The molecule has 0 bridgehead atoms. The van der Waals surface area contributed by atoms with Gasteiger partial charge in [0.15, 0.2) is 0 Å². The smallest absolute Gasteiger partial charge is 0.138 e. The van der Waals surface area contributed by atoms with Crippen LogP contribution < -0.4 is 11.1 Å². The van der Waals surface area contributed by atoms with Crippen LogP contribution in [0.5, 0.6) is 0 Å². The molecule has 1 rings (SSSR count). The van der Waals surface area contributed by atoms with Gasteiger partial charge in [-0.3, -0.25) is 0 Å². The van der Waals surface area contributed by atoms with E-state index in [0.29, 0.717) is 5.82 Å². The van der Waals surface area contributed by atoms with Crippen molar-refractivity contribution in [2.45, 2.75) is 45.4 Å². The Morgan fingerprint density at radius 3 is 2.56 bits per heavy atom. The highest BCUT2D eigenvalue weighted by Gasteiger charge is 2.18. The molecule has 0 saturated carbocycles. The Hall–Kier alpha value is -1.36. The molecule has 5 heteroatoms. The molecule has 1 heterocycles. The van der Waals surface area contributed by atoms with Crippen LogP contribution in [0, 0.1) is 0 Å². The molecule has 0 spiro atoms. The van der Waals surface area contributed by atoms with Crippen LogP contribution in [0.15, 0.2) is 6.07 Å². The van der Waals surface area contributed by atoms with Gasteiger partial charge in [0.25, 0.3) is 0 Å². The number of aliphatic hydroxyl groups is 1. The number of aromatic nitrogens is 2. The summed E-state index contributed by atoms with van der Waals surface area (Å²) in [7, 11) is 0. The highest BCUT2D eigenvalue weighted by atomic mass is 16.2. The quantitative estimate of drug-likeness (QED) is 0.674. The number of nitrogens with zero attached hydrogens (tertiary/aromatic N) is 2. The van der Waals surface area contributed by atoms with Crippen LogP contribution in [0.1, 0.15) is 45.9 Å². The van der Waals surface area contributed by atoms with E-state index in [2.05, 4.69) is 36.1 Å². The summed E-state index contributed by atoms with van der Waals surface area (Å²) in [6.07, 6.45) is 2.87.